The molecule has 1 aliphatic heterocycles. The number of rotatable bonds is 4. The topological polar surface area (TPSA) is 61.5 Å². The van der Waals surface area contributed by atoms with E-state index in [4.69, 9.17) is 15.2 Å². The lowest BCUT2D eigenvalue weighted by molar-refractivity contribution is -0.161. The molecule has 1 aromatic carbocycles. The standard InChI is InChI=1S/C16H23NO3/c1-11-8-14(9-12(2)19-11)20-16(18)15(17)10-13-6-4-3-5-7-13/h3-7,11-12,14-15H,8-10,17H2,1-2H3. The van der Waals surface area contributed by atoms with Gasteiger partial charge in [-0.3, -0.25) is 4.79 Å². The molecule has 0 saturated carbocycles. The van der Waals surface area contributed by atoms with E-state index in [1.54, 1.807) is 0 Å². The summed E-state index contributed by atoms with van der Waals surface area (Å²) in [7, 11) is 0. The lowest BCUT2D eigenvalue weighted by Crippen LogP contribution is -2.41. The van der Waals surface area contributed by atoms with Crippen molar-refractivity contribution in [2.45, 2.75) is 57.5 Å². The quantitative estimate of drug-likeness (QED) is 0.856. The van der Waals surface area contributed by atoms with E-state index in [0.717, 1.165) is 18.4 Å². The Morgan fingerprint density at radius 3 is 2.50 bits per heavy atom. The Morgan fingerprint density at radius 2 is 1.90 bits per heavy atom. The van der Waals surface area contributed by atoms with Crippen LogP contribution in [-0.2, 0) is 20.7 Å². The van der Waals surface area contributed by atoms with Gasteiger partial charge in [0.2, 0.25) is 0 Å². The maximum atomic E-state index is 12.0. The lowest BCUT2D eigenvalue weighted by atomic mass is 10.0. The second-order valence-corrected chi connectivity index (χ2v) is 5.58. The number of hydrogen-bond acceptors (Lipinski definition) is 4. The first-order valence-electron chi connectivity index (χ1n) is 7.20. The van der Waals surface area contributed by atoms with E-state index in [2.05, 4.69) is 0 Å². The smallest absolute Gasteiger partial charge is 0.323 e. The molecule has 4 heteroatoms. The third-order valence-electron chi connectivity index (χ3n) is 3.54. The van der Waals surface area contributed by atoms with Crippen LogP contribution in [0.4, 0.5) is 0 Å². The summed E-state index contributed by atoms with van der Waals surface area (Å²) in [5, 5.41) is 0. The average molecular weight is 277 g/mol. The molecule has 0 radical (unpaired) electrons. The molecule has 1 heterocycles. The van der Waals surface area contributed by atoms with Gasteiger partial charge >= 0.3 is 5.97 Å². The first-order valence-corrected chi connectivity index (χ1v) is 7.20. The van der Waals surface area contributed by atoms with Crippen LogP contribution in [-0.4, -0.2) is 30.3 Å². The van der Waals surface area contributed by atoms with Crippen LogP contribution in [0.15, 0.2) is 30.3 Å². The molecule has 110 valence electrons. The molecule has 0 aliphatic carbocycles. The van der Waals surface area contributed by atoms with Crippen LogP contribution in [0.3, 0.4) is 0 Å². The number of nitrogens with two attached hydrogens (primary N) is 1. The van der Waals surface area contributed by atoms with Crippen LogP contribution in [0, 0.1) is 0 Å². The summed E-state index contributed by atoms with van der Waals surface area (Å²) < 4.78 is 11.2. The summed E-state index contributed by atoms with van der Waals surface area (Å²) in [5.74, 6) is -0.319. The summed E-state index contributed by atoms with van der Waals surface area (Å²) in [6, 6.07) is 9.14. The molecule has 2 N–H and O–H groups in total. The molecule has 1 aromatic rings. The van der Waals surface area contributed by atoms with E-state index < -0.39 is 6.04 Å². The maximum absolute atomic E-state index is 12.0. The molecule has 0 amide bonds. The van der Waals surface area contributed by atoms with Crippen molar-refractivity contribution in [3.05, 3.63) is 35.9 Å². The Balaban J connectivity index is 1.84. The van der Waals surface area contributed by atoms with E-state index in [1.807, 2.05) is 44.2 Å². The minimum Gasteiger partial charge on any atom is -0.461 e. The zero-order chi connectivity index (χ0) is 14.5. The van der Waals surface area contributed by atoms with Crippen LogP contribution in [0.25, 0.3) is 0 Å². The fourth-order valence-electron chi connectivity index (χ4n) is 2.64. The van der Waals surface area contributed by atoms with E-state index in [1.165, 1.54) is 0 Å². The highest BCUT2D eigenvalue weighted by Crippen LogP contribution is 2.22. The molecule has 4 nitrogen and oxygen atoms in total. The zero-order valence-electron chi connectivity index (χ0n) is 12.1. The molecular weight excluding hydrogens is 254 g/mol. The third kappa shape index (κ3) is 4.32. The fraction of sp³-hybridized carbons (Fsp3) is 0.562. The van der Waals surface area contributed by atoms with Crippen molar-refractivity contribution in [1.29, 1.82) is 0 Å². The highest BCUT2D eigenvalue weighted by Gasteiger charge is 2.28. The summed E-state index contributed by atoms with van der Waals surface area (Å²) in [6.45, 7) is 4.00. The predicted molar refractivity (Wildman–Crippen MR) is 77.2 cm³/mol. The van der Waals surface area contributed by atoms with Gasteiger partial charge in [0.25, 0.3) is 0 Å². The Labute approximate surface area is 120 Å². The van der Waals surface area contributed by atoms with Crippen LogP contribution < -0.4 is 5.73 Å². The van der Waals surface area contributed by atoms with Crippen molar-refractivity contribution in [3.8, 4) is 0 Å². The molecule has 0 aromatic heterocycles. The summed E-state index contributed by atoms with van der Waals surface area (Å²) in [6.07, 6.45) is 2.17. The number of hydrogen-bond donors (Lipinski definition) is 1. The zero-order valence-corrected chi connectivity index (χ0v) is 12.1. The van der Waals surface area contributed by atoms with Crippen molar-refractivity contribution in [2.24, 2.45) is 5.73 Å². The normalized spacial score (nSPS) is 27.9. The number of benzene rings is 1. The Morgan fingerprint density at radius 1 is 1.30 bits per heavy atom. The van der Waals surface area contributed by atoms with Gasteiger partial charge in [-0.25, -0.2) is 0 Å². The predicted octanol–water partition coefficient (Wildman–Crippen LogP) is 2.06. The van der Waals surface area contributed by atoms with Gasteiger partial charge in [-0.1, -0.05) is 30.3 Å². The number of esters is 1. The molecule has 1 aliphatic rings. The number of carbonyl (C=O) groups excluding carboxylic acids is 1. The van der Waals surface area contributed by atoms with Crippen molar-refractivity contribution >= 4 is 5.97 Å². The largest absolute Gasteiger partial charge is 0.461 e. The van der Waals surface area contributed by atoms with E-state index in [0.29, 0.717) is 6.42 Å². The van der Waals surface area contributed by atoms with Gasteiger partial charge in [-0.15, -0.1) is 0 Å². The van der Waals surface area contributed by atoms with Crippen molar-refractivity contribution in [2.75, 3.05) is 0 Å². The van der Waals surface area contributed by atoms with E-state index >= 15 is 0 Å². The van der Waals surface area contributed by atoms with Gasteiger partial charge in [-0.05, 0) is 25.8 Å². The van der Waals surface area contributed by atoms with Gasteiger partial charge in [0.1, 0.15) is 12.1 Å². The third-order valence-corrected chi connectivity index (χ3v) is 3.54. The molecule has 1 saturated heterocycles. The fourth-order valence-corrected chi connectivity index (χ4v) is 2.64. The van der Waals surface area contributed by atoms with E-state index in [-0.39, 0.29) is 24.3 Å². The maximum Gasteiger partial charge on any atom is 0.323 e. The molecule has 3 unspecified atom stereocenters. The van der Waals surface area contributed by atoms with Crippen LogP contribution in [0.5, 0.6) is 0 Å². The monoisotopic (exact) mass is 277 g/mol. The van der Waals surface area contributed by atoms with Crippen LogP contribution >= 0.6 is 0 Å². The van der Waals surface area contributed by atoms with Gasteiger partial charge in [0.05, 0.1) is 12.2 Å². The van der Waals surface area contributed by atoms with Crippen molar-refractivity contribution in [1.82, 2.24) is 0 Å². The molecular formula is C16H23NO3. The first kappa shape index (κ1) is 15.0. The van der Waals surface area contributed by atoms with Gasteiger partial charge in [-0.2, -0.15) is 0 Å². The van der Waals surface area contributed by atoms with Gasteiger partial charge in [0.15, 0.2) is 0 Å². The number of ether oxygens (including phenoxy) is 2. The van der Waals surface area contributed by atoms with Gasteiger partial charge in [0, 0.05) is 12.8 Å². The molecule has 0 bridgehead atoms. The van der Waals surface area contributed by atoms with Crippen LogP contribution in [0.1, 0.15) is 32.3 Å². The van der Waals surface area contributed by atoms with E-state index in [9.17, 15) is 4.79 Å². The highest BCUT2D eigenvalue weighted by atomic mass is 16.6. The second-order valence-electron chi connectivity index (χ2n) is 5.58. The van der Waals surface area contributed by atoms with Crippen LogP contribution in [0.2, 0.25) is 0 Å². The summed E-state index contributed by atoms with van der Waals surface area (Å²) in [5.41, 5.74) is 6.98. The highest BCUT2D eigenvalue weighted by molar-refractivity contribution is 5.76. The Hall–Kier alpha value is -1.39. The Kier molecular flexibility index (Phi) is 5.15. The second kappa shape index (κ2) is 6.86. The van der Waals surface area contributed by atoms with Crippen molar-refractivity contribution in [3.63, 3.8) is 0 Å². The molecule has 20 heavy (non-hydrogen) atoms. The summed E-state index contributed by atoms with van der Waals surface area (Å²) >= 11 is 0. The SMILES string of the molecule is CC1CC(OC(=O)C(N)Cc2ccccc2)CC(C)O1. The lowest BCUT2D eigenvalue weighted by Gasteiger charge is -2.32. The van der Waals surface area contributed by atoms with Gasteiger partial charge < -0.3 is 15.2 Å². The Bertz CT molecular complexity index is 425. The summed E-state index contributed by atoms with van der Waals surface area (Å²) in [4.78, 5) is 12.0. The van der Waals surface area contributed by atoms with Crippen molar-refractivity contribution < 1.29 is 14.3 Å². The molecule has 1 fully saturated rings. The molecule has 2 rings (SSSR count). The molecule has 3 atom stereocenters. The average Bonchev–Trinajstić information content (AvgIpc) is 2.38. The minimum absolute atomic E-state index is 0.0805. The number of carbonyl (C=O) groups is 1. The first-order chi connectivity index (χ1) is 9.54. The molecule has 0 spiro atoms. The minimum atomic E-state index is -0.606.